The van der Waals surface area contributed by atoms with Gasteiger partial charge in [0.25, 0.3) is 0 Å². The second-order valence-corrected chi connectivity index (χ2v) is 6.62. The molecule has 30 heavy (non-hydrogen) atoms. The van der Waals surface area contributed by atoms with Gasteiger partial charge in [-0.15, -0.1) is 0 Å². The Morgan fingerprint density at radius 3 is 2.80 bits per heavy atom. The first kappa shape index (κ1) is 19.4. The molecule has 0 aliphatic rings. The van der Waals surface area contributed by atoms with Crippen molar-refractivity contribution in [3.05, 3.63) is 65.9 Å². The largest absolute Gasteiger partial charge is 0.480 e. The topological polar surface area (TPSA) is 82.5 Å². The maximum atomic E-state index is 13.6. The molecule has 0 aliphatic heterocycles. The number of halogens is 1. The van der Waals surface area contributed by atoms with Gasteiger partial charge in [0.2, 0.25) is 5.90 Å². The molecule has 0 saturated heterocycles. The number of ether oxygens (including phenoxy) is 1. The number of imidazole rings is 1. The van der Waals surface area contributed by atoms with Gasteiger partial charge in [-0.2, -0.15) is 5.10 Å². The van der Waals surface area contributed by atoms with Crippen LogP contribution in [0.15, 0.2) is 53.1 Å². The lowest BCUT2D eigenvalue weighted by molar-refractivity contribution is 0.401. The molecule has 4 heterocycles. The summed E-state index contributed by atoms with van der Waals surface area (Å²) < 4.78 is 22.6. The predicted octanol–water partition coefficient (Wildman–Crippen LogP) is 3.28. The summed E-state index contributed by atoms with van der Waals surface area (Å²) in [5, 5.41) is 4.01. The Morgan fingerprint density at radius 1 is 1.27 bits per heavy atom. The van der Waals surface area contributed by atoms with E-state index in [0.717, 1.165) is 28.0 Å². The standard InChI is InChI=1S/C21H20FN7O/c1-13-27-20-18(28(13)12-14-7-16(22)11-25-9-14)8-15(10-26-20)17-5-6-29(24-3)19(17)21(23-2)30-4/h5-11H,3,12H2,1-2,4H3/b23-21+. The predicted molar refractivity (Wildman–Crippen MR) is 113 cm³/mol. The lowest BCUT2D eigenvalue weighted by Crippen LogP contribution is -2.10. The van der Waals surface area contributed by atoms with Gasteiger partial charge in [-0.25, -0.2) is 19.0 Å². The highest BCUT2D eigenvalue weighted by atomic mass is 19.1. The number of rotatable bonds is 5. The van der Waals surface area contributed by atoms with Crippen LogP contribution >= 0.6 is 0 Å². The van der Waals surface area contributed by atoms with Gasteiger partial charge in [0.1, 0.15) is 17.3 Å². The van der Waals surface area contributed by atoms with E-state index in [9.17, 15) is 4.39 Å². The molecular formula is C21H20FN7O. The van der Waals surface area contributed by atoms with Gasteiger partial charge in [-0.3, -0.25) is 9.98 Å². The molecule has 0 radical (unpaired) electrons. The summed E-state index contributed by atoms with van der Waals surface area (Å²) in [6.45, 7) is 5.93. The molecular weight excluding hydrogens is 385 g/mol. The Hall–Kier alpha value is -3.88. The minimum Gasteiger partial charge on any atom is -0.480 e. The molecule has 0 bridgehead atoms. The number of fused-ring (bicyclic) bond motifs is 1. The van der Waals surface area contributed by atoms with Crippen molar-refractivity contribution in [2.75, 3.05) is 14.2 Å². The molecule has 0 atom stereocenters. The van der Waals surface area contributed by atoms with Crippen molar-refractivity contribution in [3.63, 3.8) is 0 Å². The fraction of sp³-hybridized carbons (Fsp3) is 0.190. The third-order valence-electron chi connectivity index (χ3n) is 4.83. The molecule has 8 nitrogen and oxygen atoms in total. The van der Waals surface area contributed by atoms with E-state index in [1.807, 2.05) is 23.6 Å². The van der Waals surface area contributed by atoms with Crippen molar-refractivity contribution in [1.82, 2.24) is 24.2 Å². The average Bonchev–Trinajstić information content (AvgIpc) is 3.30. The molecule has 0 amide bonds. The minimum absolute atomic E-state index is 0.373. The third kappa shape index (κ3) is 3.34. The maximum absolute atomic E-state index is 13.6. The van der Waals surface area contributed by atoms with E-state index >= 15 is 0 Å². The highest BCUT2D eigenvalue weighted by Crippen LogP contribution is 2.28. The van der Waals surface area contributed by atoms with E-state index in [4.69, 9.17) is 4.74 Å². The van der Waals surface area contributed by atoms with Crippen LogP contribution in [0, 0.1) is 12.7 Å². The number of methoxy groups -OCH3 is 1. The molecule has 0 aromatic carbocycles. The van der Waals surface area contributed by atoms with Crippen LogP contribution in [0.25, 0.3) is 22.3 Å². The van der Waals surface area contributed by atoms with E-state index in [2.05, 4.69) is 31.8 Å². The number of aromatic nitrogens is 5. The van der Waals surface area contributed by atoms with Crippen LogP contribution in [0.1, 0.15) is 17.1 Å². The number of pyridine rings is 2. The molecule has 4 aromatic rings. The van der Waals surface area contributed by atoms with Gasteiger partial charge in [0.15, 0.2) is 5.65 Å². The van der Waals surface area contributed by atoms with Crippen LogP contribution in [0.3, 0.4) is 0 Å². The quantitative estimate of drug-likeness (QED) is 0.377. The molecule has 0 spiro atoms. The lowest BCUT2D eigenvalue weighted by Gasteiger charge is -2.10. The first-order valence-corrected chi connectivity index (χ1v) is 9.18. The highest BCUT2D eigenvalue weighted by molar-refractivity contribution is 6.00. The molecule has 0 aliphatic carbocycles. The zero-order valence-corrected chi connectivity index (χ0v) is 16.9. The Labute approximate surface area is 172 Å². The van der Waals surface area contributed by atoms with E-state index in [1.165, 1.54) is 12.3 Å². The smallest absolute Gasteiger partial charge is 0.235 e. The van der Waals surface area contributed by atoms with Crippen LogP contribution in [-0.2, 0) is 11.3 Å². The van der Waals surface area contributed by atoms with Crippen LogP contribution in [0.4, 0.5) is 4.39 Å². The molecule has 4 aromatic heterocycles. The van der Waals surface area contributed by atoms with E-state index in [1.54, 1.807) is 37.4 Å². The SMILES string of the molecule is C=Nn1ccc(-c2cnc3nc(C)n(Cc4cncc(F)c4)c3c2)c1/C(=N\C)OC. The van der Waals surface area contributed by atoms with E-state index in [-0.39, 0.29) is 5.82 Å². The molecule has 152 valence electrons. The Morgan fingerprint density at radius 2 is 2.10 bits per heavy atom. The Balaban J connectivity index is 1.85. The van der Waals surface area contributed by atoms with Gasteiger partial charge < -0.3 is 9.30 Å². The normalized spacial score (nSPS) is 11.8. The van der Waals surface area contributed by atoms with E-state index in [0.29, 0.717) is 23.8 Å². The lowest BCUT2D eigenvalue weighted by atomic mass is 10.1. The van der Waals surface area contributed by atoms with Crippen LogP contribution in [0.2, 0.25) is 0 Å². The maximum Gasteiger partial charge on any atom is 0.235 e. The van der Waals surface area contributed by atoms with Crippen LogP contribution in [0.5, 0.6) is 0 Å². The summed E-state index contributed by atoms with van der Waals surface area (Å²) in [6.07, 6.45) is 6.36. The summed E-state index contributed by atoms with van der Waals surface area (Å²) in [5.41, 5.74) is 4.54. The fourth-order valence-electron chi connectivity index (χ4n) is 3.47. The van der Waals surface area contributed by atoms with Crippen molar-refractivity contribution >= 4 is 23.8 Å². The van der Waals surface area contributed by atoms with Crippen LogP contribution in [-0.4, -0.2) is 51.0 Å². The van der Waals surface area contributed by atoms with Gasteiger partial charge in [0, 0.05) is 43.5 Å². The number of nitrogens with zero attached hydrogens (tertiary/aromatic N) is 7. The summed E-state index contributed by atoms with van der Waals surface area (Å²) in [4.78, 5) is 17.2. The highest BCUT2D eigenvalue weighted by Gasteiger charge is 2.19. The first-order chi connectivity index (χ1) is 14.5. The Bertz CT molecular complexity index is 1270. The fourth-order valence-corrected chi connectivity index (χ4v) is 3.47. The summed E-state index contributed by atoms with van der Waals surface area (Å²) in [7, 11) is 3.20. The van der Waals surface area contributed by atoms with Crippen LogP contribution < -0.4 is 0 Å². The molecule has 0 fully saturated rings. The molecule has 9 heteroatoms. The monoisotopic (exact) mass is 405 g/mol. The minimum atomic E-state index is -0.373. The van der Waals surface area contributed by atoms with Crippen molar-refractivity contribution in [2.24, 2.45) is 10.1 Å². The first-order valence-electron chi connectivity index (χ1n) is 9.18. The summed E-state index contributed by atoms with van der Waals surface area (Å²) in [6, 6.07) is 5.36. The molecule has 4 rings (SSSR count). The number of aryl methyl sites for hydroxylation is 1. The summed E-state index contributed by atoms with van der Waals surface area (Å²) >= 11 is 0. The zero-order valence-electron chi connectivity index (χ0n) is 16.9. The van der Waals surface area contributed by atoms with Crippen molar-refractivity contribution < 1.29 is 9.13 Å². The number of hydrogen-bond donors (Lipinski definition) is 0. The van der Waals surface area contributed by atoms with Gasteiger partial charge >= 0.3 is 0 Å². The van der Waals surface area contributed by atoms with Gasteiger partial charge in [-0.05, 0) is 30.7 Å². The second kappa shape index (κ2) is 7.86. The van der Waals surface area contributed by atoms with Crippen molar-refractivity contribution in [2.45, 2.75) is 13.5 Å². The average molecular weight is 405 g/mol. The van der Waals surface area contributed by atoms with Gasteiger partial charge in [-0.1, -0.05) is 0 Å². The second-order valence-electron chi connectivity index (χ2n) is 6.62. The number of hydrogen-bond acceptors (Lipinski definition) is 6. The van der Waals surface area contributed by atoms with Gasteiger partial charge in [0.05, 0.1) is 25.4 Å². The number of aliphatic imine (C=N–C) groups is 1. The molecule has 0 N–H and O–H groups in total. The Kier molecular flexibility index (Phi) is 5.09. The van der Waals surface area contributed by atoms with E-state index < -0.39 is 0 Å². The van der Waals surface area contributed by atoms with Crippen molar-refractivity contribution in [1.29, 1.82) is 0 Å². The molecule has 0 unspecified atom stereocenters. The molecule has 0 saturated carbocycles. The zero-order chi connectivity index (χ0) is 21.3. The third-order valence-corrected chi connectivity index (χ3v) is 4.83. The summed E-state index contributed by atoms with van der Waals surface area (Å²) in [5.74, 6) is 0.831. The van der Waals surface area contributed by atoms with Crippen molar-refractivity contribution in [3.8, 4) is 11.1 Å².